The van der Waals surface area contributed by atoms with Gasteiger partial charge in [0.15, 0.2) is 0 Å². The van der Waals surface area contributed by atoms with E-state index in [1.165, 1.54) is 24.2 Å². The zero-order valence-electron chi connectivity index (χ0n) is 17.9. The van der Waals surface area contributed by atoms with Gasteiger partial charge in [-0.1, -0.05) is 0 Å². The zero-order valence-corrected chi connectivity index (χ0v) is 18.7. The van der Waals surface area contributed by atoms with Crippen LogP contribution in [0.2, 0.25) is 0 Å². The van der Waals surface area contributed by atoms with Crippen molar-refractivity contribution in [1.29, 1.82) is 0 Å². The van der Waals surface area contributed by atoms with Gasteiger partial charge in [0, 0.05) is 60.5 Å². The molecule has 8 nitrogen and oxygen atoms in total. The minimum atomic E-state index is -0.179. The number of hydrogen-bond donors (Lipinski definition) is 3. The number of ether oxygens (including phenoxy) is 1. The summed E-state index contributed by atoms with van der Waals surface area (Å²) >= 11 is 1.33. The Morgan fingerprint density at radius 1 is 1.38 bits per heavy atom. The summed E-state index contributed by atoms with van der Waals surface area (Å²) in [5.41, 5.74) is 8.66. The molecule has 4 aliphatic rings. The van der Waals surface area contributed by atoms with Crippen LogP contribution in [0, 0.1) is 6.92 Å². The Morgan fingerprint density at radius 2 is 2.28 bits per heavy atom. The summed E-state index contributed by atoms with van der Waals surface area (Å²) in [6, 6.07) is 6.83. The highest BCUT2D eigenvalue weighted by Gasteiger charge is 2.35. The lowest BCUT2D eigenvalue weighted by Gasteiger charge is -2.46. The van der Waals surface area contributed by atoms with Gasteiger partial charge in [-0.25, -0.2) is 9.97 Å². The number of carbonyl (C=O) groups excluding carboxylic acids is 1. The summed E-state index contributed by atoms with van der Waals surface area (Å²) in [5.74, 6) is 1.68. The largest absolute Gasteiger partial charge is 0.491 e. The molecule has 7 heterocycles. The van der Waals surface area contributed by atoms with Gasteiger partial charge in [0.05, 0.1) is 11.7 Å². The van der Waals surface area contributed by atoms with Gasteiger partial charge in [-0.2, -0.15) is 0 Å². The van der Waals surface area contributed by atoms with Crippen molar-refractivity contribution in [2.75, 3.05) is 30.3 Å². The fraction of sp³-hybridized carbons (Fsp3) is 0.435. The third-order valence-electron chi connectivity index (χ3n) is 6.75. The van der Waals surface area contributed by atoms with Crippen molar-refractivity contribution in [2.24, 2.45) is 0 Å². The fourth-order valence-electron chi connectivity index (χ4n) is 5.01. The highest BCUT2D eigenvalue weighted by Crippen LogP contribution is 2.34. The van der Waals surface area contributed by atoms with Crippen LogP contribution < -0.4 is 26.0 Å². The normalized spacial score (nSPS) is 24.3. The first-order chi connectivity index (χ1) is 15.5. The average molecular weight is 451 g/mol. The predicted octanol–water partition coefficient (Wildman–Crippen LogP) is 2.26. The summed E-state index contributed by atoms with van der Waals surface area (Å²) < 4.78 is 6.05. The van der Waals surface area contributed by atoms with E-state index in [2.05, 4.69) is 26.6 Å². The van der Waals surface area contributed by atoms with E-state index < -0.39 is 0 Å². The number of aromatic nitrogens is 2. The van der Waals surface area contributed by atoms with Crippen LogP contribution in [0.25, 0.3) is 10.2 Å². The van der Waals surface area contributed by atoms with Gasteiger partial charge in [0.2, 0.25) is 0 Å². The maximum atomic E-state index is 12.9. The minimum absolute atomic E-state index is 0.128. The van der Waals surface area contributed by atoms with Crippen molar-refractivity contribution in [3.8, 4) is 5.75 Å². The number of rotatable bonds is 3. The van der Waals surface area contributed by atoms with Crippen molar-refractivity contribution in [3.05, 3.63) is 40.5 Å². The monoisotopic (exact) mass is 450 g/mol. The molecule has 32 heavy (non-hydrogen) atoms. The number of nitrogens with two attached hydrogens (primary N) is 1. The van der Waals surface area contributed by atoms with Gasteiger partial charge in [-0.15, -0.1) is 11.3 Å². The molecule has 4 N–H and O–H groups in total. The molecular weight excluding hydrogens is 424 g/mol. The van der Waals surface area contributed by atoms with Crippen molar-refractivity contribution in [3.63, 3.8) is 0 Å². The number of carbonyl (C=O) groups is 1. The van der Waals surface area contributed by atoms with Crippen molar-refractivity contribution >= 4 is 39.0 Å². The number of pyridine rings is 2. The van der Waals surface area contributed by atoms with Gasteiger partial charge in [-0.05, 0) is 31.9 Å². The molecule has 4 aliphatic heterocycles. The molecule has 3 atom stereocenters. The number of aryl methyl sites for hydroxylation is 1. The fourth-order valence-corrected chi connectivity index (χ4v) is 6.05. The Balaban J connectivity index is 1.17. The molecular formula is C23H26N6O2S. The molecule has 0 unspecified atom stereocenters. The SMILES string of the molecule is Cc1ccc2c(N)c(C(=O)N[C@H]3COc4cc(N5C[C@H]6CC[C@H]5CN6)ncc4C3)sc2n1. The standard InChI is InChI=1S/C23H26N6O2S/c1-12-2-5-17-20(24)21(32-23(17)27-12)22(30)28-15-6-13-8-26-19(7-18(13)31-11-15)29-10-14-3-4-16(29)9-25-14/h2,5,7-8,14-16,25H,3-4,6,9-11,24H2,1H3,(H,28,30)/t14-,15-,16+/m1/s1. The Bertz CT molecular complexity index is 1200. The van der Waals surface area contributed by atoms with Gasteiger partial charge in [0.1, 0.15) is 27.9 Å². The highest BCUT2D eigenvalue weighted by atomic mass is 32.1. The zero-order chi connectivity index (χ0) is 21.8. The molecule has 3 aromatic rings. The highest BCUT2D eigenvalue weighted by molar-refractivity contribution is 7.21. The van der Waals surface area contributed by atoms with E-state index in [4.69, 9.17) is 15.5 Å². The average Bonchev–Trinajstić information content (AvgIpc) is 3.15. The number of nitrogens with one attached hydrogen (secondary N) is 2. The van der Waals surface area contributed by atoms with E-state index in [0.717, 1.165) is 46.1 Å². The second kappa shape index (κ2) is 7.60. The first-order valence-electron chi connectivity index (χ1n) is 11.1. The Labute approximate surface area is 190 Å². The predicted molar refractivity (Wildman–Crippen MR) is 126 cm³/mol. The Kier molecular flexibility index (Phi) is 4.69. The number of thiophene rings is 1. The van der Waals surface area contributed by atoms with Gasteiger partial charge < -0.3 is 26.0 Å². The Hall–Kier alpha value is -2.91. The van der Waals surface area contributed by atoms with Crippen LogP contribution in [0.3, 0.4) is 0 Å². The van der Waals surface area contributed by atoms with Crippen LogP contribution in [-0.2, 0) is 6.42 Å². The molecule has 0 spiro atoms. The van der Waals surface area contributed by atoms with Crippen molar-refractivity contribution in [2.45, 2.75) is 44.3 Å². The van der Waals surface area contributed by atoms with Crippen LogP contribution >= 0.6 is 11.3 Å². The number of amides is 1. The number of anilines is 2. The maximum Gasteiger partial charge on any atom is 0.263 e. The molecule has 3 fully saturated rings. The van der Waals surface area contributed by atoms with E-state index in [9.17, 15) is 4.79 Å². The van der Waals surface area contributed by atoms with Crippen molar-refractivity contribution in [1.82, 2.24) is 20.6 Å². The minimum Gasteiger partial charge on any atom is -0.491 e. The number of hydrogen-bond acceptors (Lipinski definition) is 8. The van der Waals surface area contributed by atoms with Crippen LogP contribution in [0.15, 0.2) is 24.4 Å². The first kappa shape index (κ1) is 19.8. The molecule has 0 aromatic carbocycles. The maximum absolute atomic E-state index is 12.9. The molecule has 0 aliphatic carbocycles. The molecule has 0 saturated carbocycles. The van der Waals surface area contributed by atoms with Crippen LogP contribution in [-0.4, -0.2) is 53.7 Å². The van der Waals surface area contributed by atoms with E-state index in [1.807, 2.05) is 25.3 Å². The third kappa shape index (κ3) is 3.36. The van der Waals surface area contributed by atoms with E-state index in [1.54, 1.807) is 0 Å². The third-order valence-corrected chi connectivity index (χ3v) is 7.87. The van der Waals surface area contributed by atoms with Crippen LogP contribution in [0.1, 0.15) is 33.8 Å². The second-order valence-corrected chi connectivity index (χ2v) is 9.97. The summed E-state index contributed by atoms with van der Waals surface area (Å²) in [6.07, 6.45) is 5.04. The number of piperazine rings is 1. The first-order valence-corrected chi connectivity index (χ1v) is 11.9. The molecule has 9 heteroatoms. The summed E-state index contributed by atoms with van der Waals surface area (Å²) in [5, 5.41) is 7.49. The van der Waals surface area contributed by atoms with Gasteiger partial charge in [0.25, 0.3) is 5.91 Å². The lowest BCUT2D eigenvalue weighted by atomic mass is 9.93. The molecule has 2 bridgehead atoms. The Morgan fingerprint density at radius 3 is 3.06 bits per heavy atom. The van der Waals surface area contributed by atoms with Gasteiger partial charge in [-0.3, -0.25) is 4.79 Å². The second-order valence-electron chi connectivity index (χ2n) is 8.97. The molecule has 3 aromatic heterocycles. The number of nitrogens with zero attached hydrogens (tertiary/aromatic N) is 3. The topological polar surface area (TPSA) is 105 Å². The van der Waals surface area contributed by atoms with Crippen molar-refractivity contribution < 1.29 is 9.53 Å². The molecule has 166 valence electrons. The number of nitrogen functional groups attached to an aromatic ring is 1. The lowest BCUT2D eigenvalue weighted by Crippen LogP contribution is -2.61. The molecule has 0 radical (unpaired) electrons. The van der Waals surface area contributed by atoms with E-state index in [-0.39, 0.29) is 11.9 Å². The molecule has 1 amide bonds. The number of fused-ring (bicyclic) bond motifs is 5. The summed E-state index contributed by atoms with van der Waals surface area (Å²) in [4.78, 5) is 25.9. The summed E-state index contributed by atoms with van der Waals surface area (Å²) in [7, 11) is 0. The van der Waals surface area contributed by atoms with E-state index in [0.29, 0.717) is 35.7 Å². The van der Waals surface area contributed by atoms with Crippen LogP contribution in [0.5, 0.6) is 5.75 Å². The van der Waals surface area contributed by atoms with E-state index >= 15 is 0 Å². The molecule has 3 saturated heterocycles. The number of piperidine rings is 2. The molecule has 7 rings (SSSR count). The van der Waals surface area contributed by atoms with Gasteiger partial charge >= 0.3 is 0 Å². The lowest BCUT2D eigenvalue weighted by molar-refractivity contribution is 0.0920. The van der Waals surface area contributed by atoms with Crippen LogP contribution in [0.4, 0.5) is 11.5 Å². The summed E-state index contributed by atoms with van der Waals surface area (Å²) in [6.45, 7) is 4.38. The quantitative estimate of drug-likeness (QED) is 0.562. The smallest absolute Gasteiger partial charge is 0.263 e.